The maximum Gasteiger partial charge on any atom is 0.0476 e. The molecule has 0 amide bonds. The van der Waals surface area contributed by atoms with Crippen LogP contribution in [0.1, 0.15) is 48.9 Å². The highest BCUT2D eigenvalue weighted by molar-refractivity contribution is 5.35. The van der Waals surface area contributed by atoms with Crippen LogP contribution >= 0.6 is 0 Å². The molecule has 1 aromatic rings. The third-order valence-electron chi connectivity index (χ3n) is 4.13. The molecule has 2 rings (SSSR count). The number of rotatable bonds is 6. The van der Waals surface area contributed by atoms with Gasteiger partial charge in [-0.2, -0.15) is 0 Å². The second-order valence-electron chi connectivity index (χ2n) is 5.51. The van der Waals surface area contributed by atoms with Crippen molar-refractivity contribution in [2.75, 3.05) is 13.1 Å². The van der Waals surface area contributed by atoms with Crippen LogP contribution in [0.15, 0.2) is 18.2 Å². The van der Waals surface area contributed by atoms with Crippen LogP contribution in [0.25, 0.3) is 0 Å². The molecule has 0 heterocycles. The smallest absolute Gasteiger partial charge is 0.0476 e. The van der Waals surface area contributed by atoms with E-state index < -0.39 is 0 Å². The number of nitrogens with two attached hydrogens (primary N) is 1. The lowest BCUT2D eigenvalue weighted by Crippen LogP contribution is -2.36. The van der Waals surface area contributed by atoms with E-state index in [0.29, 0.717) is 6.04 Å². The van der Waals surface area contributed by atoms with Crippen LogP contribution in [-0.4, -0.2) is 24.0 Å². The maximum absolute atomic E-state index is 6.08. The van der Waals surface area contributed by atoms with Crippen molar-refractivity contribution in [3.8, 4) is 0 Å². The Morgan fingerprint density at radius 2 is 2.06 bits per heavy atom. The minimum atomic E-state index is 0.400. The molecule has 1 unspecified atom stereocenters. The van der Waals surface area contributed by atoms with Gasteiger partial charge in [0.1, 0.15) is 0 Å². The lowest BCUT2D eigenvalue weighted by Gasteiger charge is -2.32. The molecule has 0 saturated heterocycles. The predicted molar refractivity (Wildman–Crippen MR) is 77.7 cm³/mol. The van der Waals surface area contributed by atoms with Gasteiger partial charge in [-0.25, -0.2) is 0 Å². The van der Waals surface area contributed by atoms with Crippen molar-refractivity contribution >= 4 is 0 Å². The van der Waals surface area contributed by atoms with E-state index in [4.69, 9.17) is 5.73 Å². The average molecular weight is 246 g/mol. The number of aryl methyl sites for hydroxylation is 1. The number of nitrogens with zero attached hydrogens (tertiary/aromatic N) is 1. The van der Waals surface area contributed by atoms with Crippen LogP contribution in [0.5, 0.6) is 0 Å². The third-order valence-corrected chi connectivity index (χ3v) is 4.13. The molecule has 18 heavy (non-hydrogen) atoms. The molecule has 0 spiro atoms. The molecule has 2 nitrogen and oxygen atoms in total. The van der Waals surface area contributed by atoms with E-state index in [0.717, 1.165) is 12.6 Å². The SMILES string of the molecule is CCCN(C1CC1)C(CN)c1cccc(C)c1C. The second-order valence-corrected chi connectivity index (χ2v) is 5.51. The van der Waals surface area contributed by atoms with Crippen LogP contribution in [0.3, 0.4) is 0 Å². The zero-order valence-electron chi connectivity index (χ0n) is 11.9. The largest absolute Gasteiger partial charge is 0.329 e. The molecule has 0 bridgehead atoms. The Hall–Kier alpha value is -0.860. The quantitative estimate of drug-likeness (QED) is 0.835. The van der Waals surface area contributed by atoms with Crippen molar-refractivity contribution in [1.29, 1.82) is 0 Å². The summed E-state index contributed by atoms with van der Waals surface area (Å²) in [5, 5.41) is 0. The van der Waals surface area contributed by atoms with Gasteiger partial charge in [-0.15, -0.1) is 0 Å². The Kier molecular flexibility index (Phi) is 4.41. The Morgan fingerprint density at radius 1 is 1.33 bits per heavy atom. The molecule has 1 aliphatic carbocycles. The van der Waals surface area contributed by atoms with Crippen molar-refractivity contribution in [2.45, 2.75) is 52.1 Å². The summed E-state index contributed by atoms with van der Waals surface area (Å²) in [6.07, 6.45) is 3.90. The Balaban J connectivity index is 2.28. The van der Waals surface area contributed by atoms with E-state index in [2.05, 4.69) is 43.9 Å². The van der Waals surface area contributed by atoms with E-state index in [-0.39, 0.29) is 0 Å². The maximum atomic E-state index is 6.08. The molecule has 0 aromatic heterocycles. The van der Waals surface area contributed by atoms with Crippen LogP contribution in [-0.2, 0) is 0 Å². The Morgan fingerprint density at radius 3 is 2.61 bits per heavy atom. The van der Waals surface area contributed by atoms with Gasteiger partial charge < -0.3 is 5.73 Å². The van der Waals surface area contributed by atoms with E-state index in [1.165, 1.54) is 42.5 Å². The van der Waals surface area contributed by atoms with Gasteiger partial charge in [-0.3, -0.25) is 4.90 Å². The van der Waals surface area contributed by atoms with Crippen LogP contribution in [0, 0.1) is 13.8 Å². The predicted octanol–water partition coefficient (Wildman–Crippen LogP) is 3.18. The molecule has 1 fully saturated rings. The van der Waals surface area contributed by atoms with Crippen molar-refractivity contribution in [3.05, 3.63) is 34.9 Å². The topological polar surface area (TPSA) is 29.3 Å². The molecule has 100 valence electrons. The van der Waals surface area contributed by atoms with Crippen LogP contribution < -0.4 is 5.73 Å². The summed E-state index contributed by atoms with van der Waals surface area (Å²) < 4.78 is 0. The fraction of sp³-hybridized carbons (Fsp3) is 0.625. The van der Waals surface area contributed by atoms with Gasteiger partial charge in [0, 0.05) is 18.6 Å². The number of hydrogen-bond donors (Lipinski definition) is 1. The molecule has 0 radical (unpaired) electrons. The standard InChI is InChI=1S/C16H26N2/c1-4-10-18(14-8-9-14)16(11-17)15-7-5-6-12(2)13(15)3/h5-7,14,16H,4,8-11,17H2,1-3H3. The first-order chi connectivity index (χ1) is 8.69. The zero-order valence-corrected chi connectivity index (χ0v) is 11.9. The molecule has 0 aliphatic heterocycles. The average Bonchev–Trinajstić information content (AvgIpc) is 3.18. The zero-order chi connectivity index (χ0) is 13.1. The highest BCUT2D eigenvalue weighted by Gasteiger charge is 2.33. The highest BCUT2D eigenvalue weighted by Crippen LogP contribution is 2.35. The first kappa shape index (κ1) is 13.6. The van der Waals surface area contributed by atoms with Gasteiger partial charge in [0.15, 0.2) is 0 Å². The van der Waals surface area contributed by atoms with Gasteiger partial charge in [0.2, 0.25) is 0 Å². The second kappa shape index (κ2) is 5.85. The van der Waals surface area contributed by atoms with Gasteiger partial charge >= 0.3 is 0 Å². The molecule has 1 aliphatic rings. The molecular formula is C16H26N2. The fourth-order valence-electron chi connectivity index (χ4n) is 2.83. The molecular weight excluding hydrogens is 220 g/mol. The van der Waals surface area contributed by atoms with Gasteiger partial charge in [-0.1, -0.05) is 25.1 Å². The van der Waals surface area contributed by atoms with E-state index in [9.17, 15) is 0 Å². The minimum Gasteiger partial charge on any atom is -0.329 e. The summed E-state index contributed by atoms with van der Waals surface area (Å²) >= 11 is 0. The monoisotopic (exact) mass is 246 g/mol. The van der Waals surface area contributed by atoms with Gasteiger partial charge in [-0.05, 0) is 56.3 Å². The van der Waals surface area contributed by atoms with Crippen molar-refractivity contribution in [3.63, 3.8) is 0 Å². The van der Waals surface area contributed by atoms with E-state index in [1.54, 1.807) is 0 Å². The fourth-order valence-corrected chi connectivity index (χ4v) is 2.83. The lowest BCUT2D eigenvalue weighted by atomic mass is 9.96. The van der Waals surface area contributed by atoms with Crippen LogP contribution in [0.2, 0.25) is 0 Å². The normalized spacial score (nSPS) is 17.2. The summed E-state index contributed by atoms with van der Waals surface area (Å²) in [4.78, 5) is 2.63. The van der Waals surface area contributed by atoms with E-state index >= 15 is 0 Å². The van der Waals surface area contributed by atoms with Crippen molar-refractivity contribution in [1.82, 2.24) is 4.90 Å². The summed E-state index contributed by atoms with van der Waals surface area (Å²) in [5.41, 5.74) is 10.3. The Labute approximate surface area is 111 Å². The summed E-state index contributed by atoms with van der Waals surface area (Å²) in [7, 11) is 0. The molecule has 1 aromatic carbocycles. The summed E-state index contributed by atoms with van der Waals surface area (Å²) in [6.45, 7) is 8.56. The molecule has 1 atom stereocenters. The van der Waals surface area contributed by atoms with Crippen molar-refractivity contribution < 1.29 is 0 Å². The van der Waals surface area contributed by atoms with Crippen molar-refractivity contribution in [2.24, 2.45) is 5.73 Å². The first-order valence-corrected chi connectivity index (χ1v) is 7.21. The van der Waals surface area contributed by atoms with Gasteiger partial charge in [0.05, 0.1) is 0 Å². The van der Waals surface area contributed by atoms with E-state index in [1.807, 2.05) is 0 Å². The number of benzene rings is 1. The Bertz CT molecular complexity index is 396. The summed E-state index contributed by atoms with van der Waals surface area (Å²) in [5.74, 6) is 0. The van der Waals surface area contributed by atoms with Crippen LogP contribution in [0.4, 0.5) is 0 Å². The minimum absolute atomic E-state index is 0.400. The number of hydrogen-bond acceptors (Lipinski definition) is 2. The molecule has 1 saturated carbocycles. The lowest BCUT2D eigenvalue weighted by molar-refractivity contribution is 0.191. The molecule has 2 N–H and O–H groups in total. The highest BCUT2D eigenvalue weighted by atomic mass is 15.2. The molecule has 2 heteroatoms. The summed E-state index contributed by atoms with van der Waals surface area (Å²) in [6, 6.07) is 7.78. The van der Waals surface area contributed by atoms with Gasteiger partial charge in [0.25, 0.3) is 0 Å². The first-order valence-electron chi connectivity index (χ1n) is 7.21. The third kappa shape index (κ3) is 2.76.